The number of rotatable bonds is 2. The summed E-state index contributed by atoms with van der Waals surface area (Å²) in [6.07, 6.45) is 0. The van der Waals surface area contributed by atoms with Crippen molar-refractivity contribution in [3.63, 3.8) is 0 Å². The Bertz CT molecular complexity index is 2460. The van der Waals surface area contributed by atoms with Crippen LogP contribution in [0.3, 0.4) is 0 Å². The van der Waals surface area contributed by atoms with Crippen LogP contribution in [0.5, 0.6) is 0 Å². The Morgan fingerprint density at radius 2 is 0.951 bits per heavy atom. The van der Waals surface area contributed by atoms with Gasteiger partial charge in [-0.05, 0) is 69.1 Å². The number of hydrogen-bond donors (Lipinski definition) is 0. The van der Waals surface area contributed by atoms with Crippen LogP contribution in [0, 0.1) is 0 Å². The normalized spacial score (nSPS) is 12.0. The van der Waals surface area contributed by atoms with Gasteiger partial charge in [0.25, 0.3) is 0 Å². The van der Waals surface area contributed by atoms with E-state index in [-0.39, 0.29) is 0 Å². The summed E-state index contributed by atoms with van der Waals surface area (Å²) in [4.78, 5) is 0. The van der Waals surface area contributed by atoms with E-state index in [4.69, 9.17) is 0 Å². The molecule has 9 rings (SSSR count). The lowest BCUT2D eigenvalue weighted by molar-refractivity contribution is 1.01. The predicted molar refractivity (Wildman–Crippen MR) is 175 cm³/mol. The molecule has 0 radical (unpaired) electrons. The van der Waals surface area contributed by atoms with Gasteiger partial charge in [0.2, 0.25) is 0 Å². The number of hydrogen-bond acceptors (Lipinski definition) is 0. The summed E-state index contributed by atoms with van der Waals surface area (Å²) in [5, 5.41) is 10.4. The van der Waals surface area contributed by atoms with Crippen molar-refractivity contribution >= 4 is 65.2 Å². The van der Waals surface area contributed by atoms with E-state index in [1.54, 1.807) is 0 Å². The van der Waals surface area contributed by atoms with Crippen molar-refractivity contribution < 1.29 is 0 Å². The SMILES string of the molecule is Cn1c2ccccc2c2c3ccc4ccc5c(c6ccccc6n5-c5ccc(-c6ccccc6)cc5)c4c3ccc21. The third-order valence-electron chi connectivity index (χ3n) is 8.92. The fourth-order valence-electron chi connectivity index (χ4n) is 7.06. The second-order valence-corrected chi connectivity index (χ2v) is 11.0. The third kappa shape index (κ3) is 3.07. The van der Waals surface area contributed by atoms with Crippen LogP contribution in [0.15, 0.2) is 140 Å². The van der Waals surface area contributed by atoms with Crippen molar-refractivity contribution in [1.29, 1.82) is 0 Å². The monoisotopic (exact) mass is 522 g/mol. The van der Waals surface area contributed by atoms with Crippen LogP contribution in [0.2, 0.25) is 0 Å². The van der Waals surface area contributed by atoms with E-state index in [0.717, 1.165) is 0 Å². The molecule has 0 saturated heterocycles. The molecule has 0 N–H and O–H groups in total. The summed E-state index contributed by atoms with van der Waals surface area (Å²) < 4.78 is 4.74. The molecule has 2 nitrogen and oxygen atoms in total. The summed E-state index contributed by atoms with van der Waals surface area (Å²) in [5.41, 5.74) is 8.63. The van der Waals surface area contributed by atoms with Crippen LogP contribution >= 0.6 is 0 Å². The van der Waals surface area contributed by atoms with Crippen LogP contribution in [0.4, 0.5) is 0 Å². The van der Waals surface area contributed by atoms with Crippen molar-refractivity contribution in [2.45, 2.75) is 0 Å². The highest BCUT2D eigenvalue weighted by molar-refractivity contribution is 6.32. The molecule has 41 heavy (non-hydrogen) atoms. The lowest BCUT2D eigenvalue weighted by Gasteiger charge is -2.11. The van der Waals surface area contributed by atoms with Crippen molar-refractivity contribution in [2.75, 3.05) is 0 Å². The molecule has 0 unspecified atom stereocenters. The largest absolute Gasteiger partial charge is 0.344 e. The molecule has 0 aliphatic carbocycles. The lowest BCUT2D eigenvalue weighted by Crippen LogP contribution is -1.93. The second kappa shape index (κ2) is 8.33. The quantitative estimate of drug-likeness (QED) is 0.200. The maximum atomic E-state index is 2.42. The summed E-state index contributed by atoms with van der Waals surface area (Å²) in [6.45, 7) is 0. The average Bonchev–Trinajstić information content (AvgIpc) is 3.53. The van der Waals surface area contributed by atoms with E-state index in [9.17, 15) is 0 Å². The van der Waals surface area contributed by atoms with E-state index in [1.807, 2.05) is 0 Å². The summed E-state index contributed by atoms with van der Waals surface area (Å²) in [7, 11) is 2.17. The van der Waals surface area contributed by atoms with Gasteiger partial charge >= 0.3 is 0 Å². The highest BCUT2D eigenvalue weighted by Gasteiger charge is 2.18. The maximum absolute atomic E-state index is 2.42. The first kappa shape index (κ1) is 22.5. The van der Waals surface area contributed by atoms with Crippen LogP contribution in [0.25, 0.3) is 82.0 Å². The van der Waals surface area contributed by atoms with Crippen molar-refractivity contribution in [1.82, 2.24) is 9.13 Å². The smallest absolute Gasteiger partial charge is 0.0547 e. The molecule has 0 saturated carbocycles. The van der Waals surface area contributed by atoms with Gasteiger partial charge < -0.3 is 9.13 Å². The molecule has 9 aromatic rings. The summed E-state index contributed by atoms with van der Waals surface area (Å²) in [6, 6.07) is 51.0. The minimum absolute atomic E-state index is 1.17. The Balaban J connectivity index is 1.39. The van der Waals surface area contributed by atoms with Gasteiger partial charge in [-0.2, -0.15) is 0 Å². The fourth-order valence-corrected chi connectivity index (χ4v) is 7.06. The standard InChI is InChI=1S/C39H26N2/c1-40-33-13-7-5-11-31(33)38-30-21-17-27-18-23-36-39(37(27)29(30)22-24-35(38)40)32-12-6-8-14-34(32)41(36)28-19-15-26(16-20-28)25-9-3-2-4-10-25/h2-24H,1H3. The van der Waals surface area contributed by atoms with Crippen LogP contribution in [0.1, 0.15) is 0 Å². The Labute approximate surface area is 237 Å². The summed E-state index contributed by atoms with van der Waals surface area (Å²) in [5.74, 6) is 0. The van der Waals surface area contributed by atoms with E-state index >= 15 is 0 Å². The predicted octanol–water partition coefficient (Wildman–Crippen LogP) is 10.4. The minimum atomic E-state index is 1.17. The van der Waals surface area contributed by atoms with Crippen LogP contribution < -0.4 is 0 Å². The molecule has 2 heterocycles. The van der Waals surface area contributed by atoms with E-state index in [1.165, 1.54) is 82.0 Å². The van der Waals surface area contributed by atoms with Gasteiger partial charge in [0, 0.05) is 45.3 Å². The van der Waals surface area contributed by atoms with Crippen molar-refractivity contribution in [3.8, 4) is 16.8 Å². The number of nitrogens with zero attached hydrogens (tertiary/aromatic N) is 2. The van der Waals surface area contributed by atoms with E-state index in [0.29, 0.717) is 0 Å². The highest BCUT2D eigenvalue weighted by Crippen LogP contribution is 2.42. The number of benzene rings is 7. The first-order valence-electron chi connectivity index (χ1n) is 14.2. The van der Waals surface area contributed by atoms with Gasteiger partial charge in [-0.1, -0.05) is 103 Å². The van der Waals surface area contributed by atoms with Gasteiger partial charge in [0.15, 0.2) is 0 Å². The molecule has 7 aromatic carbocycles. The molecule has 0 amide bonds. The summed E-state index contributed by atoms with van der Waals surface area (Å²) >= 11 is 0. The van der Waals surface area contributed by atoms with Gasteiger partial charge in [0.05, 0.1) is 11.0 Å². The number of aromatic nitrogens is 2. The molecule has 0 fully saturated rings. The molecule has 2 aromatic heterocycles. The minimum Gasteiger partial charge on any atom is -0.344 e. The topological polar surface area (TPSA) is 9.86 Å². The fraction of sp³-hybridized carbons (Fsp3) is 0.0256. The Morgan fingerprint density at radius 3 is 1.76 bits per heavy atom. The molecule has 0 spiro atoms. The van der Waals surface area contributed by atoms with E-state index in [2.05, 4.69) is 156 Å². The molecule has 0 bridgehead atoms. The Morgan fingerprint density at radius 1 is 0.366 bits per heavy atom. The average molecular weight is 523 g/mol. The molecule has 0 aliphatic rings. The van der Waals surface area contributed by atoms with Gasteiger partial charge in [0.1, 0.15) is 0 Å². The zero-order valence-electron chi connectivity index (χ0n) is 22.7. The number of aryl methyl sites for hydroxylation is 1. The second-order valence-electron chi connectivity index (χ2n) is 11.0. The first-order valence-corrected chi connectivity index (χ1v) is 14.2. The molecule has 2 heteroatoms. The Kier molecular flexibility index (Phi) is 4.57. The molecule has 0 atom stereocenters. The van der Waals surface area contributed by atoms with Gasteiger partial charge in [-0.25, -0.2) is 0 Å². The van der Waals surface area contributed by atoms with Crippen molar-refractivity contribution in [2.24, 2.45) is 7.05 Å². The number of para-hydroxylation sites is 2. The molecule has 192 valence electrons. The zero-order chi connectivity index (χ0) is 27.1. The maximum Gasteiger partial charge on any atom is 0.0547 e. The van der Waals surface area contributed by atoms with Gasteiger partial charge in [-0.15, -0.1) is 0 Å². The van der Waals surface area contributed by atoms with E-state index < -0.39 is 0 Å². The third-order valence-corrected chi connectivity index (χ3v) is 8.92. The molecule has 0 aliphatic heterocycles. The van der Waals surface area contributed by atoms with Crippen molar-refractivity contribution in [3.05, 3.63) is 140 Å². The lowest BCUT2D eigenvalue weighted by atomic mass is 9.95. The van der Waals surface area contributed by atoms with Gasteiger partial charge in [-0.3, -0.25) is 0 Å². The Hall–Kier alpha value is -5.34. The molecular formula is C39H26N2. The van der Waals surface area contributed by atoms with Crippen LogP contribution in [-0.2, 0) is 7.05 Å². The molecular weight excluding hydrogens is 496 g/mol. The zero-order valence-corrected chi connectivity index (χ0v) is 22.7. The number of fused-ring (bicyclic) bond motifs is 11. The highest BCUT2D eigenvalue weighted by atomic mass is 15.0. The van der Waals surface area contributed by atoms with Crippen LogP contribution in [-0.4, -0.2) is 9.13 Å². The first-order chi connectivity index (χ1) is 20.3.